The summed E-state index contributed by atoms with van der Waals surface area (Å²) >= 11 is 0. The number of ether oxygens (including phenoxy) is 1. The van der Waals surface area contributed by atoms with Gasteiger partial charge in [0.2, 0.25) is 17.7 Å². The number of carbonyl (C=O) groups excluding carboxylic acids is 3. The van der Waals surface area contributed by atoms with E-state index in [1.165, 1.54) is 0 Å². The first kappa shape index (κ1) is 23.2. The fourth-order valence-electron chi connectivity index (χ4n) is 4.22. The molecule has 0 aliphatic carbocycles. The molecule has 3 rings (SSSR count). The van der Waals surface area contributed by atoms with E-state index >= 15 is 0 Å². The fraction of sp³-hybridized carbons (Fsp3) is 0.609. The number of amides is 3. The third kappa shape index (κ3) is 5.83. The summed E-state index contributed by atoms with van der Waals surface area (Å²) in [6, 6.07) is 5.93. The number of hydrogen-bond acceptors (Lipinski definition) is 5. The molecule has 2 aliphatic rings. The average molecular weight is 431 g/mol. The topological polar surface area (TPSA) is 82.2 Å². The van der Waals surface area contributed by atoms with Crippen molar-refractivity contribution >= 4 is 23.4 Å². The Hall–Kier alpha value is -2.45. The molecule has 0 bridgehead atoms. The van der Waals surface area contributed by atoms with Gasteiger partial charge in [0.25, 0.3) is 0 Å². The van der Waals surface area contributed by atoms with Crippen LogP contribution in [0, 0.1) is 19.8 Å². The van der Waals surface area contributed by atoms with E-state index in [4.69, 9.17) is 4.74 Å². The molecule has 8 nitrogen and oxygen atoms in total. The van der Waals surface area contributed by atoms with Crippen molar-refractivity contribution in [3.8, 4) is 0 Å². The van der Waals surface area contributed by atoms with Crippen LogP contribution in [0.4, 0.5) is 5.69 Å². The second-order valence-corrected chi connectivity index (χ2v) is 8.42. The maximum Gasteiger partial charge on any atom is 0.234 e. The summed E-state index contributed by atoms with van der Waals surface area (Å²) in [5.41, 5.74) is 3.12. The molecule has 1 unspecified atom stereocenters. The van der Waals surface area contributed by atoms with Gasteiger partial charge in [0, 0.05) is 65.1 Å². The van der Waals surface area contributed by atoms with Crippen LogP contribution >= 0.6 is 0 Å². The molecule has 2 saturated heterocycles. The molecule has 31 heavy (non-hydrogen) atoms. The molecule has 1 aromatic rings. The van der Waals surface area contributed by atoms with Crippen LogP contribution in [0.15, 0.2) is 18.2 Å². The first-order valence-electron chi connectivity index (χ1n) is 11.0. The highest BCUT2D eigenvalue weighted by atomic mass is 16.5. The molecule has 0 aromatic heterocycles. The van der Waals surface area contributed by atoms with Gasteiger partial charge in [-0.25, -0.2) is 0 Å². The number of anilines is 1. The van der Waals surface area contributed by atoms with E-state index in [9.17, 15) is 14.4 Å². The lowest BCUT2D eigenvalue weighted by atomic mass is 10.1. The minimum absolute atomic E-state index is 0.00133. The van der Waals surface area contributed by atoms with Gasteiger partial charge in [-0.05, 0) is 37.5 Å². The standard InChI is InChI=1S/C23H34N4O4/c1-17-6-4-7-20(18(17)2)27-15-19(14-22(27)29)23(30)26-11-9-25(10-12-26)16-21(28)24-8-5-13-31-3/h4,6-7,19H,5,8-16H2,1-3H3,(H,24,28). The quantitative estimate of drug-likeness (QED) is 0.621. The zero-order chi connectivity index (χ0) is 22.4. The van der Waals surface area contributed by atoms with Gasteiger partial charge in [0.1, 0.15) is 0 Å². The van der Waals surface area contributed by atoms with Crippen molar-refractivity contribution < 1.29 is 19.1 Å². The van der Waals surface area contributed by atoms with Crippen LogP contribution in [0.5, 0.6) is 0 Å². The van der Waals surface area contributed by atoms with Gasteiger partial charge in [0.05, 0.1) is 12.5 Å². The number of benzene rings is 1. The SMILES string of the molecule is COCCCNC(=O)CN1CCN(C(=O)C2CC(=O)N(c3cccc(C)c3C)C2)CC1. The van der Waals surface area contributed by atoms with E-state index in [1.54, 1.807) is 12.0 Å². The Kier molecular flexibility index (Phi) is 8.03. The Balaban J connectivity index is 1.47. The predicted octanol–water partition coefficient (Wildman–Crippen LogP) is 0.953. The second-order valence-electron chi connectivity index (χ2n) is 8.42. The summed E-state index contributed by atoms with van der Waals surface area (Å²) in [5.74, 6) is -0.245. The van der Waals surface area contributed by atoms with Crippen LogP contribution < -0.4 is 10.2 Å². The molecular weight excluding hydrogens is 396 g/mol. The van der Waals surface area contributed by atoms with E-state index in [0.717, 1.165) is 23.2 Å². The Labute approximate surface area is 184 Å². The molecule has 0 radical (unpaired) electrons. The molecule has 0 spiro atoms. The van der Waals surface area contributed by atoms with Gasteiger partial charge < -0.3 is 19.9 Å². The minimum Gasteiger partial charge on any atom is -0.385 e. The van der Waals surface area contributed by atoms with E-state index in [2.05, 4.69) is 10.2 Å². The highest BCUT2D eigenvalue weighted by molar-refractivity contribution is 6.01. The smallest absolute Gasteiger partial charge is 0.234 e. The Morgan fingerprint density at radius 2 is 1.90 bits per heavy atom. The molecule has 170 valence electrons. The Morgan fingerprint density at radius 3 is 2.61 bits per heavy atom. The fourth-order valence-corrected chi connectivity index (χ4v) is 4.22. The van der Waals surface area contributed by atoms with Gasteiger partial charge in [-0.2, -0.15) is 0 Å². The lowest BCUT2D eigenvalue weighted by Crippen LogP contribution is -2.52. The third-order valence-electron chi connectivity index (χ3n) is 6.24. The van der Waals surface area contributed by atoms with Crippen LogP contribution in [0.3, 0.4) is 0 Å². The van der Waals surface area contributed by atoms with Crippen molar-refractivity contribution in [2.75, 3.05) is 64.4 Å². The van der Waals surface area contributed by atoms with Crippen molar-refractivity contribution in [2.45, 2.75) is 26.7 Å². The molecular formula is C23H34N4O4. The largest absolute Gasteiger partial charge is 0.385 e. The van der Waals surface area contributed by atoms with E-state index in [-0.39, 0.29) is 30.1 Å². The second kappa shape index (κ2) is 10.7. The first-order chi connectivity index (χ1) is 14.9. The number of methoxy groups -OCH3 is 1. The molecule has 1 aromatic carbocycles. The van der Waals surface area contributed by atoms with E-state index < -0.39 is 0 Å². The van der Waals surface area contributed by atoms with Crippen LogP contribution in [0.25, 0.3) is 0 Å². The summed E-state index contributed by atoms with van der Waals surface area (Å²) in [6.07, 6.45) is 1.06. The molecule has 2 fully saturated rings. The summed E-state index contributed by atoms with van der Waals surface area (Å²) in [6.45, 7) is 8.57. The first-order valence-corrected chi connectivity index (χ1v) is 11.0. The highest BCUT2D eigenvalue weighted by Crippen LogP contribution is 2.30. The Bertz CT molecular complexity index is 805. The zero-order valence-electron chi connectivity index (χ0n) is 18.9. The van der Waals surface area contributed by atoms with E-state index in [1.807, 2.05) is 36.9 Å². The molecule has 1 N–H and O–H groups in total. The van der Waals surface area contributed by atoms with Gasteiger partial charge in [0.15, 0.2) is 0 Å². The molecule has 3 amide bonds. The summed E-state index contributed by atoms with van der Waals surface area (Å²) in [7, 11) is 1.64. The molecule has 1 atom stereocenters. The van der Waals surface area contributed by atoms with Crippen molar-refractivity contribution in [1.29, 1.82) is 0 Å². The molecule has 2 aliphatic heterocycles. The van der Waals surface area contributed by atoms with Gasteiger partial charge in [-0.3, -0.25) is 19.3 Å². The number of nitrogens with zero attached hydrogens (tertiary/aromatic N) is 3. The highest BCUT2D eigenvalue weighted by Gasteiger charge is 2.38. The minimum atomic E-state index is -0.303. The number of nitrogens with one attached hydrogen (secondary N) is 1. The van der Waals surface area contributed by atoms with E-state index in [0.29, 0.717) is 52.4 Å². The molecule has 8 heteroatoms. The maximum absolute atomic E-state index is 13.0. The Morgan fingerprint density at radius 1 is 1.16 bits per heavy atom. The number of carbonyl (C=O) groups is 3. The summed E-state index contributed by atoms with van der Waals surface area (Å²) < 4.78 is 4.98. The average Bonchev–Trinajstić information content (AvgIpc) is 3.14. The van der Waals surface area contributed by atoms with Crippen molar-refractivity contribution in [3.05, 3.63) is 29.3 Å². The number of aryl methyl sites for hydroxylation is 1. The number of rotatable bonds is 8. The maximum atomic E-state index is 13.0. The molecule has 2 heterocycles. The summed E-state index contributed by atoms with van der Waals surface area (Å²) in [4.78, 5) is 43.4. The van der Waals surface area contributed by atoms with Crippen molar-refractivity contribution in [1.82, 2.24) is 15.1 Å². The van der Waals surface area contributed by atoms with Crippen LogP contribution in [-0.2, 0) is 19.1 Å². The predicted molar refractivity (Wildman–Crippen MR) is 119 cm³/mol. The monoisotopic (exact) mass is 430 g/mol. The number of piperazine rings is 1. The van der Waals surface area contributed by atoms with Gasteiger partial charge >= 0.3 is 0 Å². The van der Waals surface area contributed by atoms with Crippen LogP contribution in [0.2, 0.25) is 0 Å². The van der Waals surface area contributed by atoms with Crippen LogP contribution in [-0.4, -0.2) is 87.1 Å². The van der Waals surface area contributed by atoms with Gasteiger partial charge in [-0.1, -0.05) is 12.1 Å². The van der Waals surface area contributed by atoms with Crippen LogP contribution in [0.1, 0.15) is 24.0 Å². The summed E-state index contributed by atoms with van der Waals surface area (Å²) in [5, 5.41) is 2.89. The number of hydrogen-bond donors (Lipinski definition) is 1. The lowest BCUT2D eigenvalue weighted by Gasteiger charge is -2.35. The molecule has 0 saturated carbocycles. The van der Waals surface area contributed by atoms with Crippen molar-refractivity contribution in [3.63, 3.8) is 0 Å². The third-order valence-corrected chi connectivity index (χ3v) is 6.24. The normalized spacial score (nSPS) is 19.7. The van der Waals surface area contributed by atoms with Crippen molar-refractivity contribution in [2.24, 2.45) is 5.92 Å². The lowest BCUT2D eigenvalue weighted by molar-refractivity contribution is -0.137. The van der Waals surface area contributed by atoms with Gasteiger partial charge in [-0.15, -0.1) is 0 Å². The zero-order valence-corrected chi connectivity index (χ0v) is 18.9.